The first-order valence-electron chi connectivity index (χ1n) is 6.59. The molecule has 0 aromatic heterocycles. The molecule has 110 valence electrons. The lowest BCUT2D eigenvalue weighted by Crippen LogP contribution is -2.09. The predicted octanol–water partition coefficient (Wildman–Crippen LogP) is 3.94. The fourth-order valence-electron chi connectivity index (χ4n) is 1.91. The zero-order chi connectivity index (χ0) is 15.2. The van der Waals surface area contributed by atoms with Gasteiger partial charge in [-0.3, -0.25) is 0 Å². The van der Waals surface area contributed by atoms with Gasteiger partial charge in [-0.05, 0) is 37.3 Å². The third kappa shape index (κ3) is 3.98. The number of nitrogens with one attached hydrogen (secondary N) is 1. The molecule has 0 fully saturated rings. The van der Waals surface area contributed by atoms with Crippen molar-refractivity contribution in [1.29, 1.82) is 0 Å². The number of phenols is 1. The molecule has 2 aromatic rings. The van der Waals surface area contributed by atoms with Crippen LogP contribution in [-0.4, -0.2) is 17.7 Å². The number of phenolic OH excluding ortho intramolecular Hbond substituents is 1. The van der Waals surface area contributed by atoms with E-state index in [2.05, 4.69) is 21.2 Å². The second kappa shape index (κ2) is 7.13. The topological polar surface area (TPSA) is 58.6 Å². The van der Waals surface area contributed by atoms with Crippen molar-refractivity contribution in [3.63, 3.8) is 0 Å². The quantitative estimate of drug-likeness (QED) is 0.802. The number of para-hydroxylation sites is 1. The third-order valence-corrected chi connectivity index (χ3v) is 3.43. The van der Waals surface area contributed by atoms with Crippen LogP contribution in [0.5, 0.6) is 5.75 Å². The number of ether oxygens (including phenoxy) is 1. The summed E-state index contributed by atoms with van der Waals surface area (Å²) in [7, 11) is 0. The summed E-state index contributed by atoms with van der Waals surface area (Å²) < 4.78 is 5.91. The Morgan fingerprint density at radius 3 is 2.81 bits per heavy atom. The van der Waals surface area contributed by atoms with Crippen molar-refractivity contribution in [3.05, 3.63) is 58.1 Å². The van der Waals surface area contributed by atoms with Crippen LogP contribution in [-0.2, 0) is 11.3 Å². The molecule has 0 bridgehead atoms. The lowest BCUT2D eigenvalue weighted by atomic mass is 10.1. The molecule has 0 saturated carbocycles. The van der Waals surface area contributed by atoms with Gasteiger partial charge in [0.25, 0.3) is 0 Å². The van der Waals surface area contributed by atoms with E-state index >= 15 is 0 Å². The fraction of sp³-hybridized carbons (Fsp3) is 0.188. The first-order chi connectivity index (χ1) is 10.1. The van der Waals surface area contributed by atoms with Crippen LogP contribution in [0.1, 0.15) is 22.8 Å². The Bertz CT molecular complexity index is 643. The summed E-state index contributed by atoms with van der Waals surface area (Å²) in [5.74, 6) is -0.154. The molecule has 5 heteroatoms. The molecule has 0 aliphatic rings. The second-order valence-corrected chi connectivity index (χ2v) is 5.31. The van der Waals surface area contributed by atoms with Crippen molar-refractivity contribution in [2.75, 3.05) is 11.9 Å². The van der Waals surface area contributed by atoms with Crippen LogP contribution < -0.4 is 5.32 Å². The number of anilines is 1. The maximum atomic E-state index is 11.9. The molecule has 2 rings (SSSR count). The molecule has 0 aliphatic carbocycles. The molecule has 21 heavy (non-hydrogen) atoms. The Hall–Kier alpha value is -2.01. The van der Waals surface area contributed by atoms with Gasteiger partial charge < -0.3 is 15.2 Å². The van der Waals surface area contributed by atoms with Gasteiger partial charge >= 0.3 is 5.97 Å². The van der Waals surface area contributed by atoms with Crippen LogP contribution in [0.2, 0.25) is 0 Å². The maximum Gasteiger partial charge on any atom is 0.340 e. The number of carbonyl (C=O) groups is 1. The summed E-state index contributed by atoms with van der Waals surface area (Å²) in [5, 5.41) is 13.0. The highest BCUT2D eigenvalue weighted by Crippen LogP contribution is 2.24. The minimum atomic E-state index is -0.362. The van der Waals surface area contributed by atoms with Crippen molar-refractivity contribution in [2.45, 2.75) is 13.5 Å². The number of halogens is 1. The highest BCUT2D eigenvalue weighted by molar-refractivity contribution is 9.10. The molecular weight excluding hydrogens is 334 g/mol. The highest BCUT2D eigenvalue weighted by atomic mass is 79.9. The average molecular weight is 350 g/mol. The standard InChI is InChI=1S/C16H16BrNO3/c1-2-21-16(20)13-5-3-4-6-14(13)18-10-11-9-12(17)7-8-15(11)19/h3-9,18-19H,2,10H2,1H3. The number of hydrogen-bond donors (Lipinski definition) is 2. The molecule has 0 aliphatic heterocycles. The SMILES string of the molecule is CCOC(=O)c1ccccc1NCc1cc(Br)ccc1O. The molecule has 0 amide bonds. The Balaban J connectivity index is 2.16. The van der Waals surface area contributed by atoms with Crippen LogP contribution in [0.4, 0.5) is 5.69 Å². The minimum absolute atomic E-state index is 0.208. The van der Waals surface area contributed by atoms with Gasteiger partial charge in [0.2, 0.25) is 0 Å². The van der Waals surface area contributed by atoms with Crippen LogP contribution in [0.3, 0.4) is 0 Å². The normalized spacial score (nSPS) is 10.2. The van der Waals surface area contributed by atoms with Gasteiger partial charge in [-0.2, -0.15) is 0 Å². The van der Waals surface area contributed by atoms with E-state index in [1.807, 2.05) is 12.1 Å². The Labute approximate surface area is 131 Å². The van der Waals surface area contributed by atoms with Crippen LogP contribution in [0.25, 0.3) is 0 Å². The second-order valence-electron chi connectivity index (χ2n) is 4.39. The van der Waals surface area contributed by atoms with Crippen LogP contribution >= 0.6 is 15.9 Å². The summed E-state index contributed by atoms with van der Waals surface area (Å²) >= 11 is 3.37. The Morgan fingerprint density at radius 2 is 2.05 bits per heavy atom. The van der Waals surface area contributed by atoms with E-state index in [9.17, 15) is 9.90 Å². The number of esters is 1. The third-order valence-electron chi connectivity index (χ3n) is 2.93. The number of benzene rings is 2. The van der Waals surface area contributed by atoms with Gasteiger partial charge in [-0.25, -0.2) is 4.79 Å². The number of aromatic hydroxyl groups is 1. The van der Waals surface area contributed by atoms with Crippen LogP contribution in [0.15, 0.2) is 46.9 Å². The fourth-order valence-corrected chi connectivity index (χ4v) is 2.32. The van der Waals surface area contributed by atoms with Crippen molar-refractivity contribution in [1.82, 2.24) is 0 Å². The van der Waals surface area contributed by atoms with Crippen molar-refractivity contribution in [3.8, 4) is 5.75 Å². The van der Waals surface area contributed by atoms with E-state index in [1.54, 1.807) is 37.3 Å². The molecule has 4 nitrogen and oxygen atoms in total. The Morgan fingerprint density at radius 1 is 1.29 bits per heavy atom. The van der Waals surface area contributed by atoms with Crippen molar-refractivity contribution < 1.29 is 14.6 Å². The van der Waals surface area contributed by atoms with Gasteiger partial charge in [0.05, 0.1) is 12.2 Å². The van der Waals surface area contributed by atoms with E-state index in [0.717, 1.165) is 10.0 Å². The maximum absolute atomic E-state index is 11.9. The van der Waals surface area contributed by atoms with Gasteiger partial charge in [0.15, 0.2) is 0 Å². The molecule has 0 heterocycles. The molecule has 2 aromatic carbocycles. The van der Waals surface area contributed by atoms with Gasteiger partial charge in [0, 0.05) is 22.3 Å². The molecule has 0 spiro atoms. The highest BCUT2D eigenvalue weighted by Gasteiger charge is 2.12. The Kier molecular flexibility index (Phi) is 5.22. The van der Waals surface area contributed by atoms with Gasteiger partial charge in [-0.15, -0.1) is 0 Å². The van der Waals surface area contributed by atoms with Gasteiger partial charge in [0.1, 0.15) is 5.75 Å². The molecule has 0 unspecified atom stereocenters. The lowest BCUT2D eigenvalue weighted by molar-refractivity contribution is 0.0527. The van der Waals surface area contributed by atoms with E-state index in [-0.39, 0.29) is 11.7 Å². The number of hydrogen-bond acceptors (Lipinski definition) is 4. The smallest absolute Gasteiger partial charge is 0.340 e. The molecular formula is C16H16BrNO3. The van der Waals surface area contributed by atoms with Crippen LogP contribution in [0, 0.1) is 0 Å². The van der Waals surface area contributed by atoms with Gasteiger partial charge in [-0.1, -0.05) is 28.1 Å². The average Bonchev–Trinajstić information content (AvgIpc) is 2.49. The minimum Gasteiger partial charge on any atom is -0.508 e. The summed E-state index contributed by atoms with van der Waals surface area (Å²) in [6.07, 6.45) is 0. The largest absolute Gasteiger partial charge is 0.508 e. The summed E-state index contributed by atoms with van der Waals surface area (Å²) in [6, 6.07) is 12.4. The lowest BCUT2D eigenvalue weighted by Gasteiger charge is -2.12. The van der Waals surface area contributed by atoms with Crippen molar-refractivity contribution in [2.24, 2.45) is 0 Å². The monoisotopic (exact) mass is 349 g/mol. The molecule has 0 atom stereocenters. The summed E-state index contributed by atoms with van der Waals surface area (Å²) in [4.78, 5) is 11.9. The first-order valence-corrected chi connectivity index (χ1v) is 7.38. The molecule has 2 N–H and O–H groups in total. The van der Waals surface area contributed by atoms with E-state index in [0.29, 0.717) is 24.4 Å². The zero-order valence-electron chi connectivity index (χ0n) is 11.6. The van der Waals surface area contributed by atoms with E-state index in [1.165, 1.54) is 0 Å². The number of rotatable bonds is 5. The predicted molar refractivity (Wildman–Crippen MR) is 85.5 cm³/mol. The summed E-state index contributed by atoms with van der Waals surface area (Å²) in [5.41, 5.74) is 1.90. The summed E-state index contributed by atoms with van der Waals surface area (Å²) in [6.45, 7) is 2.51. The molecule has 0 radical (unpaired) electrons. The first kappa shape index (κ1) is 15.4. The number of carbonyl (C=O) groups excluding carboxylic acids is 1. The molecule has 0 saturated heterocycles. The zero-order valence-corrected chi connectivity index (χ0v) is 13.2. The van der Waals surface area contributed by atoms with Crippen molar-refractivity contribution >= 4 is 27.6 Å². The van der Waals surface area contributed by atoms with E-state index < -0.39 is 0 Å². The van der Waals surface area contributed by atoms with E-state index in [4.69, 9.17) is 4.74 Å².